The van der Waals surface area contributed by atoms with Gasteiger partial charge in [-0.2, -0.15) is 0 Å². The highest BCUT2D eigenvalue weighted by Crippen LogP contribution is 2.20. The minimum atomic E-state index is -3.37. The molecule has 0 unspecified atom stereocenters. The van der Waals surface area contributed by atoms with Gasteiger partial charge in [-0.1, -0.05) is 23.8 Å². The number of amides is 1. The summed E-state index contributed by atoms with van der Waals surface area (Å²) in [5.41, 5.74) is 2.96. The molecule has 1 aliphatic carbocycles. The number of benzene rings is 1. The van der Waals surface area contributed by atoms with Crippen LogP contribution in [0.15, 0.2) is 35.9 Å². The molecule has 2 rings (SSSR count). The SMILES string of the molecule is Cc1cccc(N(CCCC(=O)NCC2=CCCCC2)S(C)(=O)=O)c1. The molecule has 0 aliphatic heterocycles. The molecular formula is C19H28N2O3S. The number of anilines is 1. The Bertz CT molecular complexity index is 726. The van der Waals surface area contributed by atoms with Crippen molar-refractivity contribution in [3.63, 3.8) is 0 Å². The Labute approximate surface area is 151 Å². The Balaban J connectivity index is 1.84. The molecule has 1 aliphatic rings. The van der Waals surface area contributed by atoms with Gasteiger partial charge < -0.3 is 5.32 Å². The molecule has 0 atom stereocenters. The van der Waals surface area contributed by atoms with Crippen LogP contribution in [0.3, 0.4) is 0 Å². The highest BCUT2D eigenvalue weighted by molar-refractivity contribution is 7.92. The summed E-state index contributed by atoms with van der Waals surface area (Å²) >= 11 is 0. The number of aryl methyl sites for hydroxylation is 1. The van der Waals surface area contributed by atoms with Gasteiger partial charge in [-0.3, -0.25) is 9.10 Å². The van der Waals surface area contributed by atoms with E-state index in [4.69, 9.17) is 0 Å². The van der Waals surface area contributed by atoms with E-state index in [9.17, 15) is 13.2 Å². The van der Waals surface area contributed by atoms with Crippen molar-refractivity contribution < 1.29 is 13.2 Å². The lowest BCUT2D eigenvalue weighted by atomic mass is 10.00. The normalized spacial score (nSPS) is 14.7. The Morgan fingerprint density at radius 2 is 2.08 bits per heavy atom. The van der Waals surface area contributed by atoms with Crippen LogP contribution in [0.5, 0.6) is 0 Å². The molecule has 1 aromatic carbocycles. The van der Waals surface area contributed by atoms with Gasteiger partial charge in [0.15, 0.2) is 0 Å². The number of hydrogen-bond acceptors (Lipinski definition) is 3. The highest BCUT2D eigenvalue weighted by atomic mass is 32.2. The number of carbonyl (C=O) groups is 1. The summed E-state index contributed by atoms with van der Waals surface area (Å²) in [7, 11) is -3.37. The van der Waals surface area contributed by atoms with Gasteiger partial charge in [-0.05, 0) is 56.7 Å². The highest BCUT2D eigenvalue weighted by Gasteiger charge is 2.17. The van der Waals surface area contributed by atoms with Crippen molar-refractivity contribution in [2.75, 3.05) is 23.7 Å². The molecule has 5 nitrogen and oxygen atoms in total. The van der Waals surface area contributed by atoms with Crippen molar-refractivity contribution in [2.24, 2.45) is 0 Å². The standard InChI is InChI=1S/C19H28N2O3S/c1-16-8-6-11-18(14-16)21(25(2,23)24)13-7-12-19(22)20-15-17-9-4-3-5-10-17/h6,8-9,11,14H,3-5,7,10,12-13,15H2,1-2H3,(H,20,22). The molecular weight excluding hydrogens is 336 g/mol. The lowest BCUT2D eigenvalue weighted by molar-refractivity contribution is -0.120. The van der Waals surface area contributed by atoms with Gasteiger partial charge >= 0.3 is 0 Å². The van der Waals surface area contributed by atoms with Crippen LogP contribution in [-0.2, 0) is 14.8 Å². The van der Waals surface area contributed by atoms with Gasteiger partial charge in [0.25, 0.3) is 0 Å². The van der Waals surface area contributed by atoms with Crippen LogP contribution in [0.2, 0.25) is 0 Å². The van der Waals surface area contributed by atoms with Gasteiger partial charge in [0.2, 0.25) is 15.9 Å². The summed E-state index contributed by atoms with van der Waals surface area (Å²) in [6.45, 7) is 2.85. The van der Waals surface area contributed by atoms with E-state index in [1.807, 2.05) is 25.1 Å². The van der Waals surface area contributed by atoms with E-state index >= 15 is 0 Å². The lowest BCUT2D eigenvalue weighted by Crippen LogP contribution is -2.32. The maximum absolute atomic E-state index is 12.1. The zero-order valence-corrected chi connectivity index (χ0v) is 15.9. The third kappa shape index (κ3) is 6.53. The summed E-state index contributed by atoms with van der Waals surface area (Å²) in [6.07, 6.45) is 8.83. The topological polar surface area (TPSA) is 66.5 Å². The third-order valence-electron chi connectivity index (χ3n) is 4.35. The van der Waals surface area contributed by atoms with Crippen molar-refractivity contribution in [3.05, 3.63) is 41.5 Å². The fourth-order valence-corrected chi connectivity index (χ4v) is 3.98. The first-order valence-electron chi connectivity index (χ1n) is 8.85. The second kappa shape index (κ2) is 9.04. The van der Waals surface area contributed by atoms with E-state index in [0.29, 0.717) is 31.6 Å². The summed E-state index contributed by atoms with van der Waals surface area (Å²) < 4.78 is 25.5. The average Bonchev–Trinajstić information content (AvgIpc) is 2.56. The molecule has 6 heteroatoms. The number of sulfonamides is 1. The van der Waals surface area contributed by atoms with Gasteiger partial charge in [-0.25, -0.2) is 8.42 Å². The molecule has 0 aromatic heterocycles. The second-order valence-corrected chi connectivity index (χ2v) is 8.57. The van der Waals surface area contributed by atoms with Crippen molar-refractivity contribution in [3.8, 4) is 0 Å². The fourth-order valence-electron chi connectivity index (χ4n) is 3.02. The van der Waals surface area contributed by atoms with E-state index in [1.165, 1.54) is 29.0 Å². The van der Waals surface area contributed by atoms with Gasteiger partial charge in [-0.15, -0.1) is 0 Å². The fraction of sp³-hybridized carbons (Fsp3) is 0.526. The zero-order chi connectivity index (χ0) is 18.3. The van der Waals surface area contributed by atoms with Crippen LogP contribution in [0.25, 0.3) is 0 Å². The summed E-state index contributed by atoms with van der Waals surface area (Å²) in [4.78, 5) is 12.0. The Hall–Kier alpha value is -1.82. The van der Waals surface area contributed by atoms with E-state index in [-0.39, 0.29) is 5.91 Å². The van der Waals surface area contributed by atoms with Gasteiger partial charge in [0.1, 0.15) is 0 Å². The quantitative estimate of drug-likeness (QED) is 0.721. The molecule has 1 aromatic rings. The number of hydrogen-bond donors (Lipinski definition) is 1. The maximum atomic E-state index is 12.1. The maximum Gasteiger partial charge on any atom is 0.232 e. The molecule has 0 radical (unpaired) electrons. The monoisotopic (exact) mass is 364 g/mol. The first-order chi connectivity index (χ1) is 11.9. The molecule has 0 spiro atoms. The largest absolute Gasteiger partial charge is 0.352 e. The average molecular weight is 365 g/mol. The Morgan fingerprint density at radius 1 is 1.28 bits per heavy atom. The molecule has 0 saturated heterocycles. The number of nitrogens with zero attached hydrogens (tertiary/aromatic N) is 1. The van der Waals surface area contributed by atoms with Crippen LogP contribution in [0, 0.1) is 6.92 Å². The lowest BCUT2D eigenvalue weighted by Gasteiger charge is -2.22. The van der Waals surface area contributed by atoms with E-state index in [2.05, 4.69) is 11.4 Å². The first kappa shape index (κ1) is 19.5. The van der Waals surface area contributed by atoms with Crippen molar-refractivity contribution >= 4 is 21.6 Å². The smallest absolute Gasteiger partial charge is 0.232 e. The molecule has 0 saturated carbocycles. The number of allylic oxidation sites excluding steroid dienone is 1. The van der Waals surface area contributed by atoms with Crippen LogP contribution in [0.4, 0.5) is 5.69 Å². The van der Waals surface area contributed by atoms with E-state index in [1.54, 1.807) is 6.07 Å². The predicted molar refractivity (Wildman–Crippen MR) is 102 cm³/mol. The van der Waals surface area contributed by atoms with Gasteiger partial charge in [0.05, 0.1) is 11.9 Å². The zero-order valence-electron chi connectivity index (χ0n) is 15.1. The third-order valence-corrected chi connectivity index (χ3v) is 5.55. The molecule has 1 N–H and O–H groups in total. The van der Waals surface area contributed by atoms with Gasteiger partial charge in [0, 0.05) is 19.5 Å². The molecule has 0 fully saturated rings. The summed E-state index contributed by atoms with van der Waals surface area (Å²) in [5, 5.41) is 2.94. The predicted octanol–water partition coefficient (Wildman–Crippen LogP) is 3.16. The van der Waals surface area contributed by atoms with Crippen molar-refractivity contribution in [2.45, 2.75) is 45.4 Å². The van der Waals surface area contributed by atoms with E-state index in [0.717, 1.165) is 18.4 Å². The Kier molecular flexibility index (Phi) is 7.05. The molecule has 138 valence electrons. The summed E-state index contributed by atoms with van der Waals surface area (Å²) in [6, 6.07) is 7.39. The summed E-state index contributed by atoms with van der Waals surface area (Å²) in [5.74, 6) is -0.0239. The molecule has 25 heavy (non-hydrogen) atoms. The number of carbonyl (C=O) groups excluding carboxylic acids is 1. The van der Waals surface area contributed by atoms with Crippen molar-refractivity contribution in [1.82, 2.24) is 5.32 Å². The number of rotatable bonds is 8. The number of nitrogens with one attached hydrogen (secondary N) is 1. The minimum Gasteiger partial charge on any atom is -0.352 e. The van der Waals surface area contributed by atoms with Crippen LogP contribution in [0.1, 0.15) is 44.1 Å². The van der Waals surface area contributed by atoms with Crippen LogP contribution >= 0.6 is 0 Å². The second-order valence-electron chi connectivity index (χ2n) is 6.66. The van der Waals surface area contributed by atoms with Crippen LogP contribution in [-0.4, -0.2) is 33.7 Å². The first-order valence-corrected chi connectivity index (χ1v) is 10.7. The molecule has 1 amide bonds. The minimum absolute atomic E-state index is 0.0239. The molecule has 0 bridgehead atoms. The molecule has 0 heterocycles. The Morgan fingerprint density at radius 3 is 2.72 bits per heavy atom. The van der Waals surface area contributed by atoms with E-state index < -0.39 is 10.0 Å². The van der Waals surface area contributed by atoms with Crippen molar-refractivity contribution in [1.29, 1.82) is 0 Å². The van der Waals surface area contributed by atoms with Crippen LogP contribution < -0.4 is 9.62 Å².